The van der Waals surface area contributed by atoms with E-state index in [2.05, 4.69) is 5.32 Å². The van der Waals surface area contributed by atoms with Gasteiger partial charge in [-0.2, -0.15) is 0 Å². The van der Waals surface area contributed by atoms with Crippen molar-refractivity contribution in [3.8, 4) is 0 Å². The van der Waals surface area contributed by atoms with E-state index in [9.17, 15) is 14.9 Å². The molecule has 7 nitrogen and oxygen atoms in total. The summed E-state index contributed by atoms with van der Waals surface area (Å²) in [7, 11) is 1.59. The number of nitrogens with one attached hydrogen (secondary N) is 1. The maximum Gasteiger partial charge on any atom is 0.293 e. The van der Waals surface area contributed by atoms with E-state index < -0.39 is 4.92 Å². The number of Topliss-reactive ketones (excluding diaryl/α,β-unsaturated/α-hetero) is 1. The van der Waals surface area contributed by atoms with Crippen LogP contribution in [0.3, 0.4) is 0 Å². The van der Waals surface area contributed by atoms with E-state index in [4.69, 9.17) is 9.15 Å². The number of rotatable bonds is 8. The summed E-state index contributed by atoms with van der Waals surface area (Å²) in [4.78, 5) is 22.2. The van der Waals surface area contributed by atoms with Gasteiger partial charge in [0.15, 0.2) is 5.78 Å². The Bertz CT molecular complexity index is 682. The third kappa shape index (κ3) is 4.17. The molecule has 0 saturated carbocycles. The number of ether oxygens (including phenoxy) is 1. The lowest BCUT2D eigenvalue weighted by Crippen LogP contribution is -2.14. The summed E-state index contributed by atoms with van der Waals surface area (Å²) < 4.78 is 10.5. The first kappa shape index (κ1) is 16.7. The Kier molecular flexibility index (Phi) is 5.48. The minimum Gasteiger partial charge on any atom is -0.467 e. The van der Waals surface area contributed by atoms with Crippen LogP contribution in [0.1, 0.15) is 35.5 Å². The predicted molar refractivity (Wildman–Crippen MR) is 84.7 cm³/mol. The Labute approximate surface area is 133 Å². The second-order valence-electron chi connectivity index (χ2n) is 5.04. The number of anilines is 1. The van der Waals surface area contributed by atoms with Gasteiger partial charge in [0.2, 0.25) is 0 Å². The van der Waals surface area contributed by atoms with E-state index >= 15 is 0 Å². The molecule has 0 amide bonds. The third-order valence-corrected chi connectivity index (χ3v) is 3.43. The van der Waals surface area contributed by atoms with Gasteiger partial charge in [0.25, 0.3) is 5.69 Å². The molecule has 0 saturated heterocycles. The number of carbonyl (C=O) groups is 1. The van der Waals surface area contributed by atoms with Crippen LogP contribution in [0.15, 0.2) is 41.0 Å². The highest BCUT2D eigenvalue weighted by molar-refractivity contribution is 5.95. The first-order valence-corrected chi connectivity index (χ1v) is 7.11. The van der Waals surface area contributed by atoms with Crippen molar-refractivity contribution < 1.29 is 18.9 Å². The lowest BCUT2D eigenvalue weighted by Gasteiger charge is -2.17. The summed E-state index contributed by atoms with van der Waals surface area (Å²) in [6, 6.07) is 7.66. The van der Waals surface area contributed by atoms with E-state index in [1.54, 1.807) is 31.6 Å². The number of furan rings is 1. The number of hydrogen-bond acceptors (Lipinski definition) is 6. The standard InChI is InChI=1S/C16H18N2O5/c1-11(19)12-5-6-13(15(10-12)18(20)21)17-14(7-9-22-2)16-4-3-8-23-16/h3-6,8,10,14,17H,7,9H2,1-2H3/t14-/m0/s1. The predicted octanol–water partition coefficient (Wildman–Crippen LogP) is 3.58. The largest absolute Gasteiger partial charge is 0.467 e. The summed E-state index contributed by atoms with van der Waals surface area (Å²) in [5.74, 6) is 0.439. The average molecular weight is 318 g/mol. The van der Waals surface area contributed by atoms with Gasteiger partial charge in [-0.15, -0.1) is 0 Å². The molecule has 0 aliphatic heterocycles. The molecular formula is C16H18N2O5. The molecule has 2 aromatic rings. The van der Waals surface area contributed by atoms with Crippen LogP contribution in [0.2, 0.25) is 0 Å². The molecule has 1 heterocycles. The number of methoxy groups -OCH3 is 1. The molecule has 0 unspecified atom stereocenters. The molecule has 0 spiro atoms. The van der Waals surface area contributed by atoms with E-state index in [0.29, 0.717) is 30.0 Å². The van der Waals surface area contributed by atoms with Crippen LogP contribution in [0, 0.1) is 10.1 Å². The van der Waals surface area contributed by atoms with E-state index in [1.807, 2.05) is 0 Å². The molecule has 7 heteroatoms. The summed E-state index contributed by atoms with van der Waals surface area (Å²) in [6.07, 6.45) is 2.12. The van der Waals surface area contributed by atoms with Crippen molar-refractivity contribution >= 4 is 17.2 Å². The van der Waals surface area contributed by atoms with Crippen LogP contribution in [-0.2, 0) is 4.74 Å². The van der Waals surface area contributed by atoms with Gasteiger partial charge >= 0.3 is 0 Å². The van der Waals surface area contributed by atoms with Gasteiger partial charge in [0.05, 0.1) is 17.2 Å². The zero-order valence-corrected chi connectivity index (χ0v) is 12.9. The van der Waals surface area contributed by atoms with Gasteiger partial charge in [-0.25, -0.2) is 0 Å². The molecule has 2 rings (SSSR count). The number of nitro benzene ring substituents is 1. The van der Waals surface area contributed by atoms with Crippen molar-refractivity contribution in [1.82, 2.24) is 0 Å². The fourth-order valence-electron chi connectivity index (χ4n) is 2.22. The van der Waals surface area contributed by atoms with E-state index in [0.717, 1.165) is 0 Å². The van der Waals surface area contributed by atoms with E-state index in [-0.39, 0.29) is 17.5 Å². The quantitative estimate of drug-likeness (QED) is 0.454. The summed E-state index contributed by atoms with van der Waals surface area (Å²) in [5, 5.41) is 14.4. The minimum absolute atomic E-state index is 0.147. The second kappa shape index (κ2) is 7.55. The molecule has 1 aromatic heterocycles. The molecule has 0 fully saturated rings. The Morgan fingerprint density at radius 1 is 1.43 bits per heavy atom. The molecule has 0 aliphatic carbocycles. The Morgan fingerprint density at radius 2 is 2.22 bits per heavy atom. The third-order valence-electron chi connectivity index (χ3n) is 3.43. The minimum atomic E-state index is -0.510. The zero-order valence-electron chi connectivity index (χ0n) is 12.9. The van der Waals surface area contributed by atoms with Crippen LogP contribution in [0.4, 0.5) is 11.4 Å². The van der Waals surface area contributed by atoms with Crippen molar-refractivity contribution in [1.29, 1.82) is 0 Å². The van der Waals surface area contributed by atoms with Crippen molar-refractivity contribution in [2.45, 2.75) is 19.4 Å². The highest BCUT2D eigenvalue weighted by atomic mass is 16.6. The maximum absolute atomic E-state index is 11.4. The van der Waals surface area contributed by atoms with Crippen molar-refractivity contribution in [2.75, 3.05) is 19.0 Å². The van der Waals surface area contributed by atoms with E-state index in [1.165, 1.54) is 19.1 Å². The fraction of sp³-hybridized carbons (Fsp3) is 0.312. The topological polar surface area (TPSA) is 94.6 Å². The normalized spacial score (nSPS) is 11.9. The smallest absolute Gasteiger partial charge is 0.293 e. The van der Waals surface area contributed by atoms with Crippen LogP contribution < -0.4 is 5.32 Å². The van der Waals surface area contributed by atoms with Crippen LogP contribution in [-0.4, -0.2) is 24.4 Å². The molecule has 1 N–H and O–H groups in total. The molecule has 1 aromatic carbocycles. The summed E-state index contributed by atoms with van der Waals surface area (Å²) in [5.41, 5.74) is 0.484. The molecule has 0 radical (unpaired) electrons. The monoisotopic (exact) mass is 318 g/mol. The number of hydrogen-bond donors (Lipinski definition) is 1. The fourth-order valence-corrected chi connectivity index (χ4v) is 2.22. The number of ketones is 1. The lowest BCUT2D eigenvalue weighted by atomic mass is 10.1. The van der Waals surface area contributed by atoms with Gasteiger partial charge in [-0.1, -0.05) is 0 Å². The molecule has 0 bridgehead atoms. The first-order chi connectivity index (χ1) is 11.0. The number of carbonyl (C=O) groups excluding carboxylic acids is 1. The maximum atomic E-state index is 11.4. The second-order valence-corrected chi connectivity index (χ2v) is 5.04. The Hall–Kier alpha value is -2.67. The van der Waals surface area contributed by atoms with Gasteiger partial charge in [0.1, 0.15) is 11.4 Å². The highest BCUT2D eigenvalue weighted by Gasteiger charge is 2.21. The molecule has 1 atom stereocenters. The number of nitrogens with zero attached hydrogens (tertiary/aromatic N) is 1. The van der Waals surface area contributed by atoms with Crippen LogP contribution >= 0.6 is 0 Å². The van der Waals surface area contributed by atoms with Crippen LogP contribution in [0.25, 0.3) is 0 Å². The molecule has 122 valence electrons. The van der Waals surface area contributed by atoms with Crippen molar-refractivity contribution in [2.24, 2.45) is 0 Å². The van der Waals surface area contributed by atoms with Gasteiger partial charge < -0.3 is 14.5 Å². The molecule has 23 heavy (non-hydrogen) atoms. The summed E-state index contributed by atoms with van der Waals surface area (Å²) >= 11 is 0. The average Bonchev–Trinajstić information content (AvgIpc) is 3.05. The Morgan fingerprint density at radius 3 is 2.78 bits per heavy atom. The van der Waals surface area contributed by atoms with Crippen LogP contribution in [0.5, 0.6) is 0 Å². The molecule has 0 aliphatic rings. The van der Waals surface area contributed by atoms with Crippen molar-refractivity contribution in [3.63, 3.8) is 0 Å². The number of nitro groups is 1. The molecular weight excluding hydrogens is 300 g/mol. The number of benzene rings is 1. The first-order valence-electron chi connectivity index (χ1n) is 7.11. The van der Waals surface area contributed by atoms with Gasteiger partial charge in [-0.3, -0.25) is 14.9 Å². The Balaban J connectivity index is 2.31. The SMILES string of the molecule is COCC[C@H](Nc1ccc(C(C)=O)cc1[N+](=O)[O-])c1ccco1. The van der Waals surface area contributed by atoms with Gasteiger partial charge in [0, 0.05) is 25.3 Å². The van der Waals surface area contributed by atoms with Crippen molar-refractivity contribution in [3.05, 3.63) is 58.0 Å². The van der Waals surface area contributed by atoms with Gasteiger partial charge in [-0.05, 0) is 37.6 Å². The lowest BCUT2D eigenvalue weighted by molar-refractivity contribution is -0.384. The summed E-state index contributed by atoms with van der Waals surface area (Å²) in [6.45, 7) is 1.84. The highest BCUT2D eigenvalue weighted by Crippen LogP contribution is 2.31. The zero-order chi connectivity index (χ0) is 16.8.